The summed E-state index contributed by atoms with van der Waals surface area (Å²) in [5.41, 5.74) is 4.43. The van der Waals surface area contributed by atoms with Gasteiger partial charge in [0.2, 0.25) is 0 Å². The summed E-state index contributed by atoms with van der Waals surface area (Å²) in [7, 11) is 1.62. The lowest BCUT2D eigenvalue weighted by atomic mass is 10.1. The molecule has 3 aromatic rings. The summed E-state index contributed by atoms with van der Waals surface area (Å²) in [5, 5.41) is 4.69. The topological polar surface area (TPSA) is 30.5 Å². The van der Waals surface area contributed by atoms with Gasteiger partial charge in [0.1, 0.15) is 6.61 Å². The quantitative estimate of drug-likeness (QED) is 0.440. The van der Waals surface area contributed by atoms with Gasteiger partial charge in [0.25, 0.3) is 0 Å². The summed E-state index contributed by atoms with van der Waals surface area (Å²) < 4.78 is 11.4. The normalized spacial score (nSPS) is 10.6. The summed E-state index contributed by atoms with van der Waals surface area (Å²) in [4.78, 5) is 0. The van der Waals surface area contributed by atoms with Crippen LogP contribution in [0.1, 0.15) is 23.6 Å². The SMILES string of the molecule is CCc1ccccc1NCc1cc(Cl)c(OCc2ccc(Cl)cc2)c(OC)c1. The van der Waals surface area contributed by atoms with E-state index in [0.717, 1.165) is 23.2 Å². The van der Waals surface area contributed by atoms with Crippen LogP contribution in [-0.2, 0) is 19.6 Å². The van der Waals surface area contributed by atoms with Gasteiger partial charge in [-0.05, 0) is 53.4 Å². The van der Waals surface area contributed by atoms with Crippen LogP contribution in [-0.4, -0.2) is 7.11 Å². The van der Waals surface area contributed by atoms with Crippen LogP contribution in [0.5, 0.6) is 11.5 Å². The smallest absolute Gasteiger partial charge is 0.180 e. The first-order valence-electron chi connectivity index (χ1n) is 9.16. The fourth-order valence-electron chi connectivity index (χ4n) is 2.95. The fourth-order valence-corrected chi connectivity index (χ4v) is 3.36. The second-order valence-corrected chi connectivity index (χ2v) is 7.23. The molecule has 0 bridgehead atoms. The molecular weight excluding hydrogens is 393 g/mol. The van der Waals surface area contributed by atoms with Gasteiger partial charge in [-0.1, -0.05) is 60.5 Å². The second kappa shape index (κ2) is 9.72. The van der Waals surface area contributed by atoms with Crippen LogP contribution in [0.25, 0.3) is 0 Å². The highest BCUT2D eigenvalue weighted by Crippen LogP contribution is 2.37. The fraction of sp³-hybridized carbons (Fsp3) is 0.217. The molecule has 28 heavy (non-hydrogen) atoms. The maximum Gasteiger partial charge on any atom is 0.180 e. The van der Waals surface area contributed by atoms with Crippen LogP contribution >= 0.6 is 23.2 Å². The molecule has 1 N–H and O–H groups in total. The van der Waals surface area contributed by atoms with Crippen molar-refractivity contribution in [3.05, 3.63) is 87.4 Å². The second-order valence-electron chi connectivity index (χ2n) is 6.39. The molecule has 0 aliphatic rings. The Morgan fingerprint density at radius 1 is 0.929 bits per heavy atom. The average Bonchev–Trinajstić information content (AvgIpc) is 2.72. The highest BCUT2D eigenvalue weighted by molar-refractivity contribution is 6.32. The Bertz CT molecular complexity index is 926. The number of hydrogen-bond acceptors (Lipinski definition) is 3. The summed E-state index contributed by atoms with van der Waals surface area (Å²) in [6.07, 6.45) is 0.977. The molecule has 0 heterocycles. The Kier molecular flexibility index (Phi) is 7.07. The van der Waals surface area contributed by atoms with Gasteiger partial charge in [0.05, 0.1) is 12.1 Å². The summed E-state index contributed by atoms with van der Waals surface area (Å²) in [6.45, 7) is 3.17. The first-order valence-corrected chi connectivity index (χ1v) is 9.91. The van der Waals surface area contributed by atoms with Gasteiger partial charge in [-0.2, -0.15) is 0 Å². The predicted octanol–water partition coefficient (Wildman–Crippen LogP) is 6.76. The monoisotopic (exact) mass is 415 g/mol. The molecule has 0 spiro atoms. The van der Waals surface area contributed by atoms with Gasteiger partial charge in [-0.25, -0.2) is 0 Å². The zero-order valence-corrected chi connectivity index (χ0v) is 17.5. The van der Waals surface area contributed by atoms with Crippen molar-refractivity contribution in [3.8, 4) is 11.5 Å². The molecule has 0 saturated heterocycles. The number of halogens is 2. The van der Waals surface area contributed by atoms with E-state index in [-0.39, 0.29) is 0 Å². The van der Waals surface area contributed by atoms with E-state index in [4.69, 9.17) is 32.7 Å². The van der Waals surface area contributed by atoms with Crippen LogP contribution < -0.4 is 14.8 Å². The number of benzene rings is 3. The highest BCUT2D eigenvalue weighted by Gasteiger charge is 2.13. The van der Waals surface area contributed by atoms with Crippen LogP contribution in [0.15, 0.2) is 60.7 Å². The van der Waals surface area contributed by atoms with Crippen molar-refractivity contribution in [2.24, 2.45) is 0 Å². The molecule has 5 heteroatoms. The number of para-hydroxylation sites is 1. The molecule has 0 aromatic heterocycles. The third kappa shape index (κ3) is 5.12. The lowest BCUT2D eigenvalue weighted by Crippen LogP contribution is -2.04. The molecule has 3 nitrogen and oxygen atoms in total. The summed E-state index contributed by atoms with van der Waals surface area (Å²) in [6, 6.07) is 19.7. The Labute approximate surface area is 176 Å². The molecule has 3 aromatic carbocycles. The molecule has 146 valence electrons. The van der Waals surface area contributed by atoms with Gasteiger partial charge in [-0.3, -0.25) is 0 Å². The summed E-state index contributed by atoms with van der Waals surface area (Å²) in [5.74, 6) is 1.15. The van der Waals surface area contributed by atoms with Crippen molar-refractivity contribution in [2.45, 2.75) is 26.5 Å². The van der Waals surface area contributed by atoms with Crippen LogP contribution in [0.3, 0.4) is 0 Å². The minimum atomic E-state index is 0.384. The van der Waals surface area contributed by atoms with E-state index >= 15 is 0 Å². The standard InChI is InChI=1S/C23H23Cl2NO2/c1-3-18-6-4-5-7-21(18)26-14-17-12-20(25)23(22(13-17)27-2)28-15-16-8-10-19(24)11-9-16/h4-13,26H,3,14-15H2,1-2H3. The van der Waals surface area contributed by atoms with Gasteiger partial charge in [0.15, 0.2) is 11.5 Å². The number of ether oxygens (including phenoxy) is 2. The van der Waals surface area contributed by atoms with Gasteiger partial charge < -0.3 is 14.8 Å². The Morgan fingerprint density at radius 2 is 1.68 bits per heavy atom. The average molecular weight is 416 g/mol. The highest BCUT2D eigenvalue weighted by atomic mass is 35.5. The predicted molar refractivity (Wildman–Crippen MR) is 117 cm³/mol. The first-order chi connectivity index (χ1) is 13.6. The molecule has 0 unspecified atom stereocenters. The maximum absolute atomic E-state index is 6.49. The summed E-state index contributed by atoms with van der Waals surface area (Å²) >= 11 is 12.4. The molecule has 3 rings (SSSR count). The van der Waals surface area contributed by atoms with Crippen LogP contribution in [0.4, 0.5) is 5.69 Å². The number of hydrogen-bond donors (Lipinski definition) is 1. The largest absolute Gasteiger partial charge is 0.493 e. The Hall–Kier alpha value is -2.36. The van der Waals surface area contributed by atoms with E-state index in [0.29, 0.717) is 34.7 Å². The molecular formula is C23H23Cl2NO2. The van der Waals surface area contributed by atoms with E-state index in [1.54, 1.807) is 7.11 Å². The lowest BCUT2D eigenvalue weighted by molar-refractivity contribution is 0.284. The molecule has 0 aliphatic carbocycles. The lowest BCUT2D eigenvalue weighted by Gasteiger charge is -2.16. The molecule has 0 saturated carbocycles. The van der Waals surface area contributed by atoms with Crippen molar-refractivity contribution in [3.63, 3.8) is 0 Å². The van der Waals surface area contributed by atoms with Crippen molar-refractivity contribution in [2.75, 3.05) is 12.4 Å². The minimum Gasteiger partial charge on any atom is -0.493 e. The third-order valence-electron chi connectivity index (χ3n) is 4.47. The molecule has 0 aliphatic heterocycles. The number of aryl methyl sites for hydroxylation is 1. The zero-order valence-electron chi connectivity index (χ0n) is 16.0. The third-order valence-corrected chi connectivity index (χ3v) is 5.00. The molecule has 0 fully saturated rings. The minimum absolute atomic E-state index is 0.384. The van der Waals surface area contributed by atoms with Gasteiger partial charge in [0, 0.05) is 17.3 Å². The van der Waals surface area contributed by atoms with Crippen molar-refractivity contribution in [1.29, 1.82) is 0 Å². The van der Waals surface area contributed by atoms with E-state index < -0.39 is 0 Å². The number of rotatable bonds is 8. The molecule has 0 atom stereocenters. The van der Waals surface area contributed by atoms with Crippen molar-refractivity contribution >= 4 is 28.9 Å². The maximum atomic E-state index is 6.49. The van der Waals surface area contributed by atoms with Gasteiger partial charge >= 0.3 is 0 Å². The van der Waals surface area contributed by atoms with Crippen molar-refractivity contribution < 1.29 is 9.47 Å². The van der Waals surface area contributed by atoms with E-state index in [1.165, 1.54) is 5.56 Å². The van der Waals surface area contributed by atoms with E-state index in [9.17, 15) is 0 Å². The Balaban J connectivity index is 1.72. The van der Waals surface area contributed by atoms with E-state index in [1.807, 2.05) is 42.5 Å². The zero-order chi connectivity index (χ0) is 19.9. The van der Waals surface area contributed by atoms with Gasteiger partial charge in [-0.15, -0.1) is 0 Å². The number of nitrogens with one attached hydrogen (secondary N) is 1. The Morgan fingerprint density at radius 3 is 2.39 bits per heavy atom. The van der Waals surface area contributed by atoms with Crippen LogP contribution in [0.2, 0.25) is 10.0 Å². The number of anilines is 1. The molecule has 0 radical (unpaired) electrons. The first kappa shape index (κ1) is 20.4. The van der Waals surface area contributed by atoms with Crippen LogP contribution in [0, 0.1) is 0 Å². The van der Waals surface area contributed by atoms with Crippen molar-refractivity contribution in [1.82, 2.24) is 0 Å². The number of methoxy groups -OCH3 is 1. The molecule has 0 amide bonds. The van der Waals surface area contributed by atoms with E-state index in [2.05, 4.69) is 30.4 Å².